The molecule has 0 unspecified atom stereocenters. The molecule has 0 saturated carbocycles. The summed E-state index contributed by atoms with van der Waals surface area (Å²) >= 11 is 5.95. The molecule has 0 aliphatic carbocycles. The molecule has 6 heteroatoms. The lowest BCUT2D eigenvalue weighted by Crippen LogP contribution is -2.25. The Balaban J connectivity index is 1.67. The summed E-state index contributed by atoms with van der Waals surface area (Å²) in [5.74, 6) is -0.0827. The van der Waals surface area contributed by atoms with Gasteiger partial charge in [-0.25, -0.2) is 0 Å². The van der Waals surface area contributed by atoms with Crippen molar-refractivity contribution in [2.75, 3.05) is 13.2 Å². The quantitative estimate of drug-likeness (QED) is 0.589. The number of hydrogen-bond donors (Lipinski definition) is 1. The van der Waals surface area contributed by atoms with Crippen LogP contribution in [0.3, 0.4) is 0 Å². The van der Waals surface area contributed by atoms with Crippen molar-refractivity contribution in [3.63, 3.8) is 0 Å². The molecule has 1 aromatic heterocycles. The zero-order valence-corrected chi connectivity index (χ0v) is 16.4. The number of nitrogens with zero attached hydrogens (tertiary/aromatic N) is 2. The molecule has 0 spiro atoms. The van der Waals surface area contributed by atoms with Gasteiger partial charge in [0.25, 0.3) is 5.91 Å². The number of ether oxygens (including phenoxy) is 1. The van der Waals surface area contributed by atoms with Crippen molar-refractivity contribution >= 4 is 28.4 Å². The monoisotopic (exact) mass is 385 g/mol. The van der Waals surface area contributed by atoms with Crippen molar-refractivity contribution in [2.24, 2.45) is 0 Å². The highest BCUT2D eigenvalue weighted by atomic mass is 35.5. The van der Waals surface area contributed by atoms with Gasteiger partial charge in [-0.1, -0.05) is 29.8 Å². The van der Waals surface area contributed by atoms with Crippen LogP contribution in [0.5, 0.6) is 0 Å². The Bertz CT molecular complexity index is 903. The number of hydrogen-bond acceptors (Lipinski definition) is 3. The third-order valence-electron chi connectivity index (χ3n) is 4.21. The summed E-state index contributed by atoms with van der Waals surface area (Å²) in [6.45, 7) is 5.86. The second-order valence-corrected chi connectivity index (χ2v) is 7.17. The molecule has 0 radical (unpaired) electrons. The van der Waals surface area contributed by atoms with Crippen molar-refractivity contribution in [1.82, 2.24) is 15.1 Å². The van der Waals surface area contributed by atoms with Crippen molar-refractivity contribution in [1.29, 1.82) is 0 Å². The van der Waals surface area contributed by atoms with Gasteiger partial charge in [0.1, 0.15) is 0 Å². The lowest BCUT2D eigenvalue weighted by molar-refractivity contribution is 0.0757. The zero-order chi connectivity index (χ0) is 19.2. The van der Waals surface area contributed by atoms with Crippen molar-refractivity contribution in [3.8, 4) is 0 Å². The van der Waals surface area contributed by atoms with Crippen LogP contribution < -0.4 is 5.32 Å². The second-order valence-electron chi connectivity index (χ2n) is 6.73. The summed E-state index contributed by atoms with van der Waals surface area (Å²) in [7, 11) is 0. The van der Waals surface area contributed by atoms with Crippen LogP contribution in [-0.2, 0) is 11.3 Å². The maximum Gasteiger partial charge on any atom is 0.251 e. The summed E-state index contributed by atoms with van der Waals surface area (Å²) in [4.78, 5) is 12.4. The molecule has 0 bridgehead atoms. The van der Waals surface area contributed by atoms with Gasteiger partial charge in [-0.2, -0.15) is 5.10 Å². The summed E-state index contributed by atoms with van der Waals surface area (Å²) in [5, 5.41) is 9.11. The number of amides is 1. The molecule has 5 nitrogen and oxygen atoms in total. The van der Waals surface area contributed by atoms with Crippen LogP contribution in [0.2, 0.25) is 5.02 Å². The van der Waals surface area contributed by atoms with E-state index in [2.05, 4.69) is 10.4 Å². The standard InChI is InChI=1S/C21H24ClN3O2/c1-15(2)27-11-3-10-23-21(26)17-6-7-18-13-24-25(20(18)12-17)14-16-4-8-19(22)9-5-16/h4-9,12-13,15H,3,10-11,14H2,1-2H3,(H,23,26). The van der Waals surface area contributed by atoms with E-state index in [0.29, 0.717) is 30.3 Å². The van der Waals surface area contributed by atoms with E-state index in [0.717, 1.165) is 22.9 Å². The Morgan fingerprint density at radius 3 is 2.74 bits per heavy atom. The Kier molecular flexibility index (Phi) is 6.48. The van der Waals surface area contributed by atoms with Crippen LogP contribution >= 0.6 is 11.6 Å². The maximum absolute atomic E-state index is 12.4. The average Bonchev–Trinajstić information content (AvgIpc) is 3.05. The molecule has 0 atom stereocenters. The van der Waals surface area contributed by atoms with Crippen LogP contribution in [0, 0.1) is 0 Å². The van der Waals surface area contributed by atoms with Gasteiger partial charge in [-0.15, -0.1) is 0 Å². The Hall–Kier alpha value is -2.37. The minimum Gasteiger partial charge on any atom is -0.379 e. The second kappa shape index (κ2) is 9.02. The zero-order valence-electron chi connectivity index (χ0n) is 15.6. The molecule has 3 aromatic rings. The maximum atomic E-state index is 12.4. The van der Waals surface area contributed by atoms with Gasteiger partial charge in [0.15, 0.2) is 0 Å². The molecular weight excluding hydrogens is 362 g/mol. The van der Waals surface area contributed by atoms with E-state index in [1.165, 1.54) is 0 Å². The summed E-state index contributed by atoms with van der Waals surface area (Å²) in [5.41, 5.74) is 2.66. The summed E-state index contributed by atoms with van der Waals surface area (Å²) < 4.78 is 7.38. The topological polar surface area (TPSA) is 56.1 Å². The minimum atomic E-state index is -0.0827. The predicted octanol–water partition coefficient (Wildman–Crippen LogP) is 4.28. The fourth-order valence-electron chi connectivity index (χ4n) is 2.80. The highest BCUT2D eigenvalue weighted by molar-refractivity contribution is 6.30. The number of rotatable bonds is 8. The van der Waals surface area contributed by atoms with Gasteiger partial charge in [0.2, 0.25) is 0 Å². The van der Waals surface area contributed by atoms with Crippen LogP contribution in [-0.4, -0.2) is 34.9 Å². The van der Waals surface area contributed by atoms with E-state index in [-0.39, 0.29) is 12.0 Å². The lowest BCUT2D eigenvalue weighted by Gasteiger charge is -2.09. The fourth-order valence-corrected chi connectivity index (χ4v) is 2.92. The molecule has 1 amide bonds. The van der Waals surface area contributed by atoms with Crippen molar-refractivity contribution in [2.45, 2.75) is 32.9 Å². The van der Waals surface area contributed by atoms with Gasteiger partial charge in [-0.05, 0) is 50.1 Å². The number of fused-ring (bicyclic) bond motifs is 1. The first-order valence-electron chi connectivity index (χ1n) is 9.13. The van der Waals surface area contributed by atoms with Gasteiger partial charge in [0, 0.05) is 29.1 Å². The first-order chi connectivity index (χ1) is 13.0. The molecular formula is C21H24ClN3O2. The number of benzene rings is 2. The fraction of sp³-hybridized carbons (Fsp3) is 0.333. The van der Waals surface area contributed by atoms with E-state index in [4.69, 9.17) is 16.3 Å². The molecule has 1 heterocycles. The highest BCUT2D eigenvalue weighted by Crippen LogP contribution is 2.18. The summed E-state index contributed by atoms with van der Waals surface area (Å²) in [6, 6.07) is 13.3. The van der Waals surface area contributed by atoms with Gasteiger partial charge in [-0.3, -0.25) is 9.48 Å². The largest absolute Gasteiger partial charge is 0.379 e. The van der Waals surface area contributed by atoms with Crippen molar-refractivity contribution < 1.29 is 9.53 Å². The minimum absolute atomic E-state index is 0.0827. The molecule has 2 aromatic carbocycles. The van der Waals surface area contributed by atoms with Gasteiger partial charge >= 0.3 is 0 Å². The van der Waals surface area contributed by atoms with Crippen LogP contribution in [0.1, 0.15) is 36.2 Å². The number of aromatic nitrogens is 2. The number of carbonyl (C=O) groups is 1. The molecule has 0 aliphatic heterocycles. The van der Waals surface area contributed by atoms with E-state index in [9.17, 15) is 4.79 Å². The van der Waals surface area contributed by atoms with E-state index in [1.54, 1.807) is 0 Å². The van der Waals surface area contributed by atoms with E-state index >= 15 is 0 Å². The van der Waals surface area contributed by atoms with Crippen LogP contribution in [0.4, 0.5) is 0 Å². The SMILES string of the molecule is CC(C)OCCCNC(=O)c1ccc2cnn(Cc3ccc(Cl)cc3)c2c1. The smallest absolute Gasteiger partial charge is 0.251 e. The average molecular weight is 386 g/mol. The van der Waals surface area contributed by atoms with Crippen LogP contribution in [0.15, 0.2) is 48.7 Å². The van der Waals surface area contributed by atoms with Gasteiger partial charge < -0.3 is 10.1 Å². The predicted molar refractivity (Wildman–Crippen MR) is 108 cm³/mol. The first kappa shape index (κ1) is 19.4. The third-order valence-corrected chi connectivity index (χ3v) is 4.46. The summed E-state index contributed by atoms with van der Waals surface area (Å²) in [6.07, 6.45) is 2.82. The van der Waals surface area contributed by atoms with E-state index in [1.807, 2.05) is 67.2 Å². The lowest BCUT2D eigenvalue weighted by atomic mass is 10.1. The Morgan fingerprint density at radius 2 is 2.00 bits per heavy atom. The van der Waals surface area contributed by atoms with Gasteiger partial charge in [0.05, 0.1) is 24.4 Å². The number of halogens is 1. The number of nitrogens with one attached hydrogen (secondary N) is 1. The molecule has 27 heavy (non-hydrogen) atoms. The molecule has 1 N–H and O–H groups in total. The van der Waals surface area contributed by atoms with E-state index < -0.39 is 0 Å². The van der Waals surface area contributed by atoms with Crippen LogP contribution in [0.25, 0.3) is 10.9 Å². The Morgan fingerprint density at radius 1 is 1.22 bits per heavy atom. The molecule has 0 aliphatic rings. The third kappa shape index (κ3) is 5.31. The molecule has 142 valence electrons. The number of carbonyl (C=O) groups excluding carboxylic acids is 1. The normalized spacial score (nSPS) is 11.3. The van der Waals surface area contributed by atoms with Crippen molar-refractivity contribution in [3.05, 3.63) is 64.8 Å². The molecule has 0 saturated heterocycles. The molecule has 3 rings (SSSR count). The highest BCUT2D eigenvalue weighted by Gasteiger charge is 2.10. The Labute approximate surface area is 164 Å². The molecule has 0 fully saturated rings. The first-order valence-corrected chi connectivity index (χ1v) is 9.50.